The third kappa shape index (κ3) is 10.9. The van der Waals surface area contributed by atoms with Crippen LogP contribution < -0.4 is 15.3 Å². The molecule has 4 rings (SSSR count). The van der Waals surface area contributed by atoms with E-state index in [2.05, 4.69) is 30.5 Å². The highest BCUT2D eigenvalue weighted by molar-refractivity contribution is 6.23. The number of alkyl carbamates (subject to hydrolysis) is 1. The highest BCUT2D eigenvalue weighted by atomic mass is 16.6. The third-order valence-corrected chi connectivity index (χ3v) is 6.60. The molecule has 4 aromatic rings. The van der Waals surface area contributed by atoms with Gasteiger partial charge in [0.05, 0.1) is 23.8 Å². The number of amides is 1. The number of nitrogens with one attached hydrogen (secondary N) is 4. The van der Waals surface area contributed by atoms with Gasteiger partial charge >= 0.3 is 13.7 Å². The molecule has 0 radical (unpaired) electrons. The van der Waals surface area contributed by atoms with Gasteiger partial charge in [0.1, 0.15) is 28.7 Å². The molecule has 0 bridgehead atoms. The number of hydrogen-bond acceptors (Lipinski definition) is 7. The largest absolute Gasteiger partial charge is 0.457 e. The van der Waals surface area contributed by atoms with Gasteiger partial charge < -0.3 is 34.6 Å². The summed E-state index contributed by atoms with van der Waals surface area (Å²) in [5, 5.41) is 6.01. The van der Waals surface area contributed by atoms with Gasteiger partial charge in [-0.25, -0.2) is 14.8 Å². The van der Waals surface area contributed by atoms with Crippen LogP contribution >= 0.6 is 0 Å². The number of carbonyl (C=O) groups is 1. The minimum Gasteiger partial charge on any atom is -0.457 e. The molecule has 0 saturated heterocycles. The van der Waals surface area contributed by atoms with Crippen molar-refractivity contribution in [2.24, 2.45) is 0 Å². The summed E-state index contributed by atoms with van der Waals surface area (Å²) in [5.41, 5.74) is 3.57. The SMILES string of the molecule is COBNCCCCc1ncc(-c2ccc(Oc3ccc(-c4cnc(CCCCNC(=O)OC(C)(C)C)[nH]4)cc3)cc2)[nH]1. The van der Waals surface area contributed by atoms with Crippen molar-refractivity contribution in [1.29, 1.82) is 0 Å². The molecule has 0 atom stereocenters. The molecule has 2 aromatic heterocycles. The molecule has 2 aromatic carbocycles. The first-order chi connectivity index (χ1) is 20.8. The highest BCUT2D eigenvalue weighted by Gasteiger charge is 2.15. The van der Waals surface area contributed by atoms with Crippen LogP contribution in [0.5, 0.6) is 11.5 Å². The molecule has 11 heteroatoms. The Morgan fingerprint density at radius 3 is 1.79 bits per heavy atom. The number of unbranched alkanes of at least 4 members (excludes halogenated alkanes) is 2. The molecular weight excluding hydrogens is 543 g/mol. The van der Waals surface area contributed by atoms with Crippen LogP contribution in [0.2, 0.25) is 0 Å². The van der Waals surface area contributed by atoms with E-state index >= 15 is 0 Å². The summed E-state index contributed by atoms with van der Waals surface area (Å²) in [6.45, 7) is 7.07. The Hall–Kier alpha value is -4.09. The lowest BCUT2D eigenvalue weighted by Gasteiger charge is -2.19. The molecule has 0 aliphatic rings. The van der Waals surface area contributed by atoms with Crippen LogP contribution in [0, 0.1) is 0 Å². The van der Waals surface area contributed by atoms with Gasteiger partial charge in [-0.15, -0.1) is 0 Å². The van der Waals surface area contributed by atoms with E-state index in [-0.39, 0.29) is 6.09 Å². The zero-order valence-corrected chi connectivity index (χ0v) is 25.7. The predicted molar refractivity (Wildman–Crippen MR) is 170 cm³/mol. The second-order valence-corrected chi connectivity index (χ2v) is 11.4. The summed E-state index contributed by atoms with van der Waals surface area (Å²) in [6, 6.07) is 16.0. The Morgan fingerprint density at radius 2 is 1.30 bits per heavy atom. The lowest BCUT2D eigenvalue weighted by molar-refractivity contribution is 0.0527. The lowest BCUT2D eigenvalue weighted by atomic mass is 10.1. The second-order valence-electron chi connectivity index (χ2n) is 11.4. The van der Waals surface area contributed by atoms with E-state index < -0.39 is 5.60 Å². The van der Waals surface area contributed by atoms with E-state index in [1.54, 1.807) is 7.11 Å². The average molecular weight is 587 g/mol. The number of aryl methyl sites for hydroxylation is 2. The van der Waals surface area contributed by atoms with E-state index in [4.69, 9.17) is 14.1 Å². The molecule has 0 aliphatic carbocycles. The number of nitrogens with zero attached hydrogens (tertiary/aromatic N) is 2. The molecule has 1 amide bonds. The molecule has 10 nitrogen and oxygen atoms in total. The van der Waals surface area contributed by atoms with Crippen LogP contribution in [0.4, 0.5) is 4.79 Å². The summed E-state index contributed by atoms with van der Waals surface area (Å²) in [5.74, 6) is 3.45. The normalized spacial score (nSPS) is 11.3. The molecule has 0 spiro atoms. The van der Waals surface area contributed by atoms with Crippen LogP contribution in [-0.2, 0) is 22.2 Å². The Balaban J connectivity index is 1.19. The van der Waals surface area contributed by atoms with Gasteiger partial charge in [0.15, 0.2) is 0 Å². The van der Waals surface area contributed by atoms with Crippen LogP contribution in [-0.4, -0.2) is 59.4 Å². The molecule has 0 fully saturated rings. The zero-order chi connectivity index (χ0) is 30.5. The van der Waals surface area contributed by atoms with Crippen LogP contribution in [0.3, 0.4) is 0 Å². The average Bonchev–Trinajstić information content (AvgIpc) is 3.65. The Bertz CT molecular complexity index is 1400. The van der Waals surface area contributed by atoms with Gasteiger partial charge in [0, 0.05) is 26.5 Å². The van der Waals surface area contributed by atoms with E-state index in [0.717, 1.165) is 90.7 Å². The van der Waals surface area contributed by atoms with Crippen molar-refractivity contribution < 1.29 is 18.9 Å². The number of imidazole rings is 2. The predicted octanol–water partition coefficient (Wildman–Crippen LogP) is 5.93. The van der Waals surface area contributed by atoms with Crippen molar-refractivity contribution in [2.45, 2.75) is 64.9 Å². The van der Waals surface area contributed by atoms with Gasteiger partial charge in [-0.2, -0.15) is 0 Å². The van der Waals surface area contributed by atoms with Crippen molar-refractivity contribution in [1.82, 2.24) is 30.5 Å². The number of benzene rings is 2. The van der Waals surface area contributed by atoms with Crippen molar-refractivity contribution in [3.8, 4) is 34.0 Å². The first-order valence-corrected chi connectivity index (χ1v) is 14.9. The standard InChI is InChI=1S/C32H43BN6O4/c1-32(2,3)43-31(40)34-19-7-5-9-29-35-21-27(38-29)23-11-15-25(16-12-23)42-26-17-13-24(14-18-26)28-22-36-30(39-28)10-6-8-20-37-33-41-4/h11-18,21-22,33,37H,5-10,19-20H2,1-4H3,(H,34,40)(H,35,38)(H,36,39). The van der Waals surface area contributed by atoms with Crippen LogP contribution in [0.15, 0.2) is 60.9 Å². The van der Waals surface area contributed by atoms with E-state index in [1.807, 2.05) is 81.7 Å². The summed E-state index contributed by atoms with van der Waals surface area (Å²) in [4.78, 5) is 27.6. The molecule has 43 heavy (non-hydrogen) atoms. The number of carbonyl (C=O) groups excluding carboxylic acids is 1. The number of hydrogen-bond donors (Lipinski definition) is 4. The highest BCUT2D eigenvalue weighted by Crippen LogP contribution is 2.27. The van der Waals surface area contributed by atoms with Crippen molar-refractivity contribution in [3.05, 3.63) is 72.6 Å². The van der Waals surface area contributed by atoms with Crippen molar-refractivity contribution >= 4 is 13.7 Å². The first kappa shape index (κ1) is 31.8. The minimum absolute atomic E-state index is 0.380. The molecule has 0 saturated carbocycles. The lowest BCUT2D eigenvalue weighted by Crippen LogP contribution is -2.33. The monoisotopic (exact) mass is 586 g/mol. The molecule has 2 heterocycles. The molecule has 0 aliphatic heterocycles. The Kier molecular flexibility index (Phi) is 11.8. The maximum absolute atomic E-state index is 11.7. The number of rotatable bonds is 16. The van der Waals surface area contributed by atoms with Crippen molar-refractivity contribution in [3.63, 3.8) is 0 Å². The number of aromatic nitrogens is 4. The summed E-state index contributed by atoms with van der Waals surface area (Å²) < 4.78 is 16.3. The summed E-state index contributed by atoms with van der Waals surface area (Å²) in [6.07, 6.45) is 8.97. The van der Waals surface area contributed by atoms with E-state index in [9.17, 15) is 4.79 Å². The fourth-order valence-electron chi connectivity index (χ4n) is 4.45. The molecule has 228 valence electrons. The Labute approximate surface area is 254 Å². The topological polar surface area (TPSA) is 126 Å². The zero-order valence-electron chi connectivity index (χ0n) is 25.7. The van der Waals surface area contributed by atoms with E-state index in [0.29, 0.717) is 14.2 Å². The molecule has 0 unspecified atom stereocenters. The van der Waals surface area contributed by atoms with Gasteiger partial charge in [-0.3, -0.25) is 0 Å². The molecule has 4 N–H and O–H groups in total. The van der Waals surface area contributed by atoms with Crippen LogP contribution in [0.1, 0.15) is 58.1 Å². The smallest absolute Gasteiger partial charge is 0.407 e. The van der Waals surface area contributed by atoms with Gasteiger partial charge in [0.2, 0.25) is 0 Å². The van der Waals surface area contributed by atoms with Gasteiger partial charge in [-0.1, -0.05) is 0 Å². The summed E-state index contributed by atoms with van der Waals surface area (Å²) in [7, 11) is 2.27. The van der Waals surface area contributed by atoms with Gasteiger partial charge in [-0.05, 0) is 113 Å². The number of ether oxygens (including phenoxy) is 2. The maximum atomic E-state index is 11.7. The Morgan fingerprint density at radius 1 is 0.791 bits per heavy atom. The first-order valence-electron chi connectivity index (χ1n) is 14.9. The fourth-order valence-corrected chi connectivity index (χ4v) is 4.45. The fraction of sp³-hybridized carbons (Fsp3) is 0.406. The second kappa shape index (κ2) is 16.0. The van der Waals surface area contributed by atoms with Gasteiger partial charge in [0.25, 0.3) is 0 Å². The quantitative estimate of drug-likeness (QED) is 0.0947. The van der Waals surface area contributed by atoms with Crippen LogP contribution in [0.25, 0.3) is 22.5 Å². The minimum atomic E-state index is -0.487. The number of H-pyrrole nitrogens is 2. The van der Waals surface area contributed by atoms with E-state index in [1.165, 1.54) is 0 Å². The third-order valence-electron chi connectivity index (χ3n) is 6.60. The molecular formula is C32H43BN6O4. The summed E-state index contributed by atoms with van der Waals surface area (Å²) >= 11 is 0. The maximum Gasteiger partial charge on any atom is 0.407 e. The number of aromatic amines is 2. The van der Waals surface area contributed by atoms with Crippen molar-refractivity contribution in [2.75, 3.05) is 20.2 Å².